The lowest BCUT2D eigenvalue weighted by Crippen LogP contribution is -2.52. The Kier molecular flexibility index (Phi) is 4.69. The van der Waals surface area contributed by atoms with E-state index in [1.165, 1.54) is 13.2 Å². The molecule has 0 spiro atoms. The molecule has 1 aromatic rings. The van der Waals surface area contributed by atoms with Crippen LogP contribution in [0.1, 0.15) is 43.2 Å². The van der Waals surface area contributed by atoms with Gasteiger partial charge in [0, 0.05) is 18.2 Å². The molecule has 1 fully saturated rings. The number of carbonyl (C=O) groups excluding carboxylic acids is 2. The van der Waals surface area contributed by atoms with Gasteiger partial charge in [0.05, 0.1) is 33.0 Å². The number of ether oxygens (including phenoxy) is 3. The van der Waals surface area contributed by atoms with Crippen molar-refractivity contribution in [3.63, 3.8) is 0 Å². The summed E-state index contributed by atoms with van der Waals surface area (Å²) in [5.74, 6) is -1.39. The highest BCUT2D eigenvalue weighted by molar-refractivity contribution is 6.13. The Bertz CT molecular complexity index is 754. The number of aromatic nitrogens is 1. The molecule has 3 atom stereocenters. The van der Waals surface area contributed by atoms with Gasteiger partial charge in [-0.2, -0.15) is 0 Å². The monoisotopic (exact) mass is 349 g/mol. The number of rotatable bonds is 5. The Balaban J connectivity index is 2.16. The van der Waals surface area contributed by atoms with Gasteiger partial charge in [0.1, 0.15) is 11.1 Å². The van der Waals surface area contributed by atoms with Crippen molar-refractivity contribution < 1.29 is 23.8 Å². The Morgan fingerprint density at radius 3 is 2.84 bits per heavy atom. The van der Waals surface area contributed by atoms with Crippen molar-refractivity contribution >= 4 is 11.8 Å². The Hall–Kier alpha value is -2.15. The topological polar surface area (TPSA) is 83.8 Å². The minimum Gasteiger partial charge on any atom is -0.487 e. The fourth-order valence-electron chi connectivity index (χ4n) is 3.73. The zero-order valence-electron chi connectivity index (χ0n) is 14.7. The Morgan fingerprint density at radius 1 is 1.40 bits per heavy atom. The average Bonchev–Trinajstić information content (AvgIpc) is 3.10. The zero-order valence-corrected chi connectivity index (χ0v) is 14.7. The van der Waals surface area contributed by atoms with Crippen molar-refractivity contribution in [2.24, 2.45) is 11.3 Å². The van der Waals surface area contributed by atoms with E-state index in [0.29, 0.717) is 19.8 Å². The molecule has 0 N–H and O–H groups in total. The summed E-state index contributed by atoms with van der Waals surface area (Å²) in [6.45, 7) is 4.59. The maximum Gasteiger partial charge on any atom is 0.319 e. The lowest BCUT2D eigenvalue weighted by Gasteiger charge is -2.40. The average molecular weight is 349 g/mol. The molecule has 0 saturated carbocycles. The predicted octanol–water partition coefficient (Wildman–Crippen LogP) is 1.59. The number of hydrogen-bond acceptors (Lipinski definition) is 6. The van der Waals surface area contributed by atoms with Gasteiger partial charge in [0.2, 0.25) is 11.2 Å². The largest absolute Gasteiger partial charge is 0.487 e. The number of carbonyl (C=O) groups is 2. The van der Waals surface area contributed by atoms with Crippen LogP contribution in [0.3, 0.4) is 0 Å². The molecule has 25 heavy (non-hydrogen) atoms. The fourth-order valence-corrected chi connectivity index (χ4v) is 3.73. The second kappa shape index (κ2) is 6.63. The summed E-state index contributed by atoms with van der Waals surface area (Å²) < 4.78 is 17.9. The van der Waals surface area contributed by atoms with E-state index in [0.717, 1.165) is 12.8 Å². The highest BCUT2D eigenvalue weighted by Crippen LogP contribution is 2.48. The van der Waals surface area contributed by atoms with E-state index in [-0.39, 0.29) is 28.8 Å². The van der Waals surface area contributed by atoms with E-state index in [2.05, 4.69) is 0 Å². The molecule has 7 nitrogen and oxygen atoms in total. The number of pyridine rings is 1. The van der Waals surface area contributed by atoms with Crippen molar-refractivity contribution in [2.45, 2.75) is 32.7 Å². The molecular formula is C18H23NO6. The summed E-state index contributed by atoms with van der Waals surface area (Å²) >= 11 is 0. The molecule has 0 radical (unpaired) electrons. The third-order valence-electron chi connectivity index (χ3n) is 5.27. The van der Waals surface area contributed by atoms with Crippen LogP contribution in [-0.4, -0.2) is 43.3 Å². The number of hydrogen-bond donors (Lipinski definition) is 0. The second-order valence-electron chi connectivity index (χ2n) is 6.70. The molecule has 3 rings (SSSR count). The number of ketones is 1. The summed E-state index contributed by atoms with van der Waals surface area (Å²) in [5.41, 5.74) is -1.62. The summed E-state index contributed by atoms with van der Waals surface area (Å²) in [6, 6.07) is 1.18. The van der Waals surface area contributed by atoms with Crippen LogP contribution in [0.2, 0.25) is 0 Å². The van der Waals surface area contributed by atoms with Crippen LogP contribution in [0.4, 0.5) is 0 Å². The second-order valence-corrected chi connectivity index (χ2v) is 6.70. The molecule has 1 unspecified atom stereocenters. The smallest absolute Gasteiger partial charge is 0.319 e. The number of Topliss-reactive ketones (excluding diaryl/α,β-unsaturated/α-hetero) is 1. The molecule has 7 heteroatoms. The third-order valence-corrected chi connectivity index (χ3v) is 5.27. The van der Waals surface area contributed by atoms with Gasteiger partial charge in [-0.05, 0) is 13.3 Å². The highest BCUT2D eigenvalue weighted by atomic mass is 16.5. The summed E-state index contributed by atoms with van der Waals surface area (Å²) in [6.07, 6.45) is 3.26. The summed E-state index contributed by atoms with van der Waals surface area (Å²) in [5, 5.41) is 0. The first kappa shape index (κ1) is 17.7. The van der Waals surface area contributed by atoms with Crippen molar-refractivity contribution in [2.75, 3.05) is 26.9 Å². The fraction of sp³-hybridized carbons (Fsp3) is 0.611. The van der Waals surface area contributed by atoms with E-state index in [9.17, 15) is 14.4 Å². The van der Waals surface area contributed by atoms with Gasteiger partial charge >= 0.3 is 5.97 Å². The molecule has 2 aliphatic rings. The van der Waals surface area contributed by atoms with Gasteiger partial charge in [-0.1, -0.05) is 13.3 Å². The molecule has 0 amide bonds. The number of methoxy groups -OCH3 is 1. The summed E-state index contributed by atoms with van der Waals surface area (Å²) in [7, 11) is 1.26. The molecule has 136 valence electrons. The van der Waals surface area contributed by atoms with Crippen LogP contribution in [0.15, 0.2) is 17.1 Å². The molecular weight excluding hydrogens is 326 g/mol. The van der Waals surface area contributed by atoms with Crippen LogP contribution in [0.25, 0.3) is 0 Å². The van der Waals surface area contributed by atoms with Crippen LogP contribution in [-0.2, 0) is 14.3 Å². The van der Waals surface area contributed by atoms with Gasteiger partial charge in [0.15, 0.2) is 5.75 Å². The molecule has 1 saturated heterocycles. The Morgan fingerprint density at radius 2 is 2.16 bits per heavy atom. The minimum absolute atomic E-state index is 0.0152. The Labute approximate surface area is 145 Å². The first-order chi connectivity index (χ1) is 12.0. The third kappa shape index (κ3) is 2.57. The van der Waals surface area contributed by atoms with Crippen LogP contribution >= 0.6 is 0 Å². The number of fused-ring (bicyclic) bond motifs is 3. The molecule has 0 aliphatic carbocycles. The maximum absolute atomic E-state index is 13.3. The number of esters is 1. The molecule has 0 aromatic carbocycles. The van der Waals surface area contributed by atoms with Gasteiger partial charge in [-0.3, -0.25) is 14.4 Å². The molecule has 2 aliphatic heterocycles. The van der Waals surface area contributed by atoms with Crippen molar-refractivity contribution in [1.29, 1.82) is 0 Å². The normalized spacial score (nSPS) is 27.6. The van der Waals surface area contributed by atoms with Gasteiger partial charge in [-0.25, -0.2) is 0 Å². The van der Waals surface area contributed by atoms with E-state index >= 15 is 0 Å². The zero-order chi connectivity index (χ0) is 18.2. The van der Waals surface area contributed by atoms with E-state index in [1.807, 2.05) is 6.92 Å². The first-order valence-electron chi connectivity index (χ1n) is 8.55. The van der Waals surface area contributed by atoms with Crippen LogP contribution in [0.5, 0.6) is 5.75 Å². The minimum atomic E-state index is -1.40. The quantitative estimate of drug-likeness (QED) is 0.456. The lowest BCUT2D eigenvalue weighted by atomic mass is 9.67. The number of nitrogens with zero attached hydrogens (tertiary/aromatic N) is 1. The molecule has 0 bridgehead atoms. The first-order valence-corrected chi connectivity index (χ1v) is 8.55. The molecule has 3 heterocycles. The summed E-state index contributed by atoms with van der Waals surface area (Å²) in [4.78, 5) is 38.1. The number of unbranched alkanes of at least 4 members (excludes halogenated alkanes) is 1. The maximum atomic E-state index is 13.3. The standard InChI is InChI=1S/C18H23NO6/c1-4-5-8-25-15-13(20)6-7-19-12-10-24-9-11(12)18(2,17(22)23-3)16(21)14(15)19/h6-7,11-12H,4-5,8-10H2,1-3H3/t11-,12+,18?/m0/s1. The lowest BCUT2D eigenvalue weighted by molar-refractivity contribution is -0.152. The van der Waals surface area contributed by atoms with Crippen molar-refractivity contribution in [3.8, 4) is 5.75 Å². The van der Waals surface area contributed by atoms with Crippen molar-refractivity contribution in [1.82, 2.24) is 4.57 Å². The van der Waals surface area contributed by atoms with Crippen LogP contribution < -0.4 is 10.2 Å². The van der Waals surface area contributed by atoms with Crippen LogP contribution in [0, 0.1) is 11.3 Å². The SMILES string of the molecule is CCCCOc1c2n(ccc1=O)[C@@H]1COC[C@@H]1C(C)(C(=O)OC)C2=O. The molecule has 1 aromatic heterocycles. The predicted molar refractivity (Wildman–Crippen MR) is 88.9 cm³/mol. The van der Waals surface area contributed by atoms with Crippen molar-refractivity contribution in [3.05, 3.63) is 28.2 Å². The van der Waals surface area contributed by atoms with E-state index in [1.54, 1.807) is 17.7 Å². The van der Waals surface area contributed by atoms with Gasteiger partial charge < -0.3 is 18.8 Å². The van der Waals surface area contributed by atoms with E-state index < -0.39 is 17.2 Å². The van der Waals surface area contributed by atoms with Gasteiger partial charge in [-0.15, -0.1) is 0 Å². The van der Waals surface area contributed by atoms with E-state index in [4.69, 9.17) is 14.2 Å². The highest BCUT2D eigenvalue weighted by Gasteiger charge is 2.59. The van der Waals surface area contributed by atoms with Gasteiger partial charge in [0.25, 0.3) is 0 Å².